The second kappa shape index (κ2) is 3.88. The van der Waals surface area contributed by atoms with E-state index < -0.39 is 11.6 Å². The maximum Gasteiger partial charge on any atom is 0.345 e. The maximum atomic E-state index is 13.3. The van der Waals surface area contributed by atoms with Gasteiger partial charge < -0.3 is 0 Å². The first-order valence-corrected chi connectivity index (χ1v) is 4.61. The van der Waals surface area contributed by atoms with Crippen LogP contribution in [0.15, 0.2) is 29.3 Å². The Balaban J connectivity index is 2.38. The average molecular weight is 225 g/mol. The highest BCUT2D eigenvalue weighted by Crippen LogP contribution is 2.11. The van der Waals surface area contributed by atoms with Crippen molar-refractivity contribution >= 4 is 0 Å². The summed E-state index contributed by atoms with van der Waals surface area (Å²) >= 11 is 0. The van der Waals surface area contributed by atoms with E-state index in [9.17, 15) is 13.6 Å². The summed E-state index contributed by atoms with van der Waals surface area (Å²) in [5, 5.41) is 3.76. The minimum absolute atomic E-state index is 0.0801. The molecule has 0 aliphatic heterocycles. The molecule has 0 amide bonds. The zero-order valence-corrected chi connectivity index (χ0v) is 8.52. The van der Waals surface area contributed by atoms with Crippen molar-refractivity contribution < 1.29 is 8.78 Å². The van der Waals surface area contributed by atoms with E-state index in [1.165, 1.54) is 30.1 Å². The molecule has 0 aliphatic rings. The highest BCUT2D eigenvalue weighted by Gasteiger charge is 2.10. The van der Waals surface area contributed by atoms with Crippen molar-refractivity contribution in [1.29, 1.82) is 0 Å². The third-order valence-corrected chi connectivity index (χ3v) is 2.24. The molecule has 0 atom stereocenters. The van der Waals surface area contributed by atoms with Crippen LogP contribution in [0.2, 0.25) is 0 Å². The van der Waals surface area contributed by atoms with Gasteiger partial charge in [-0.1, -0.05) is 12.1 Å². The van der Waals surface area contributed by atoms with Crippen molar-refractivity contribution in [3.63, 3.8) is 0 Å². The molecule has 84 valence electrons. The largest absolute Gasteiger partial charge is 0.345 e. The second-order valence-corrected chi connectivity index (χ2v) is 3.40. The smallest absolute Gasteiger partial charge is 0.285 e. The molecule has 0 spiro atoms. The van der Waals surface area contributed by atoms with Gasteiger partial charge in [0.25, 0.3) is 0 Å². The van der Waals surface area contributed by atoms with Crippen LogP contribution in [0.1, 0.15) is 5.56 Å². The molecule has 0 saturated carbocycles. The summed E-state index contributed by atoms with van der Waals surface area (Å²) in [5.74, 6) is -1.87. The lowest BCUT2D eigenvalue weighted by molar-refractivity contribution is 0.490. The fourth-order valence-electron chi connectivity index (χ4n) is 1.36. The molecule has 0 aliphatic carbocycles. The molecule has 0 N–H and O–H groups in total. The Morgan fingerprint density at radius 1 is 1.38 bits per heavy atom. The molecule has 1 aromatic heterocycles. The monoisotopic (exact) mass is 225 g/mol. The normalized spacial score (nSPS) is 10.7. The van der Waals surface area contributed by atoms with Crippen molar-refractivity contribution in [3.05, 3.63) is 52.2 Å². The van der Waals surface area contributed by atoms with E-state index in [4.69, 9.17) is 0 Å². The average Bonchev–Trinajstić information content (AvgIpc) is 2.57. The van der Waals surface area contributed by atoms with Gasteiger partial charge in [-0.2, -0.15) is 5.10 Å². The predicted molar refractivity (Wildman–Crippen MR) is 52.9 cm³/mol. The summed E-state index contributed by atoms with van der Waals surface area (Å²) in [6, 6.07) is 3.83. The van der Waals surface area contributed by atoms with Gasteiger partial charge in [-0.25, -0.2) is 18.3 Å². The molecule has 0 saturated heterocycles. The highest BCUT2D eigenvalue weighted by molar-refractivity contribution is 5.18. The number of rotatable bonds is 2. The Morgan fingerprint density at radius 2 is 2.12 bits per heavy atom. The van der Waals surface area contributed by atoms with Gasteiger partial charge >= 0.3 is 5.69 Å². The van der Waals surface area contributed by atoms with Gasteiger partial charge in [0, 0.05) is 12.6 Å². The van der Waals surface area contributed by atoms with Crippen LogP contribution in [-0.2, 0) is 13.6 Å². The summed E-state index contributed by atoms with van der Waals surface area (Å²) in [6.45, 7) is -0.0801. The number of nitrogens with zero attached hydrogens (tertiary/aromatic N) is 3. The van der Waals surface area contributed by atoms with Crippen LogP contribution in [0.4, 0.5) is 8.78 Å². The van der Waals surface area contributed by atoms with E-state index in [0.29, 0.717) is 0 Å². The van der Waals surface area contributed by atoms with Gasteiger partial charge in [0.15, 0.2) is 11.6 Å². The molecule has 16 heavy (non-hydrogen) atoms. The first-order valence-electron chi connectivity index (χ1n) is 4.61. The predicted octanol–water partition coefficient (Wildman–Crippen LogP) is 0.908. The fraction of sp³-hybridized carbons (Fsp3) is 0.200. The molecule has 0 bridgehead atoms. The first kappa shape index (κ1) is 10.5. The highest BCUT2D eigenvalue weighted by atomic mass is 19.2. The van der Waals surface area contributed by atoms with E-state index >= 15 is 0 Å². The SMILES string of the molecule is Cn1cnn(Cc2cccc(F)c2F)c1=O. The number of halogens is 2. The molecule has 2 rings (SSSR count). The molecule has 4 nitrogen and oxygen atoms in total. The van der Waals surface area contributed by atoms with Crippen molar-refractivity contribution in [2.75, 3.05) is 0 Å². The van der Waals surface area contributed by atoms with Crippen LogP contribution in [0.5, 0.6) is 0 Å². The summed E-state index contributed by atoms with van der Waals surface area (Å²) in [4.78, 5) is 11.4. The minimum Gasteiger partial charge on any atom is -0.285 e. The fourth-order valence-corrected chi connectivity index (χ4v) is 1.36. The van der Waals surface area contributed by atoms with Crippen LogP contribution in [0.25, 0.3) is 0 Å². The first-order chi connectivity index (χ1) is 7.59. The standard InChI is InChI=1S/C10H9F2N3O/c1-14-6-13-15(10(14)16)5-7-3-2-4-8(11)9(7)12/h2-4,6H,5H2,1H3. The van der Waals surface area contributed by atoms with E-state index in [0.717, 1.165) is 10.7 Å². The zero-order chi connectivity index (χ0) is 11.7. The molecule has 1 heterocycles. The van der Waals surface area contributed by atoms with Gasteiger partial charge in [0.1, 0.15) is 6.33 Å². The van der Waals surface area contributed by atoms with Crippen molar-refractivity contribution in [3.8, 4) is 0 Å². The van der Waals surface area contributed by atoms with E-state index in [2.05, 4.69) is 5.10 Å². The Bertz CT molecular complexity index is 574. The van der Waals surface area contributed by atoms with Gasteiger partial charge in [0.2, 0.25) is 0 Å². The molecular formula is C10H9F2N3O. The second-order valence-electron chi connectivity index (χ2n) is 3.40. The number of hydrogen-bond donors (Lipinski definition) is 0. The van der Waals surface area contributed by atoms with Crippen LogP contribution in [0.3, 0.4) is 0 Å². The molecule has 0 fully saturated rings. The van der Waals surface area contributed by atoms with E-state index in [1.807, 2.05) is 0 Å². The number of aryl methyl sites for hydroxylation is 1. The van der Waals surface area contributed by atoms with E-state index in [1.54, 1.807) is 0 Å². The van der Waals surface area contributed by atoms with Crippen LogP contribution >= 0.6 is 0 Å². The molecule has 6 heteroatoms. The molecule has 1 aromatic carbocycles. The van der Waals surface area contributed by atoms with Crippen LogP contribution in [-0.4, -0.2) is 14.3 Å². The number of aromatic nitrogens is 3. The zero-order valence-electron chi connectivity index (χ0n) is 8.52. The summed E-state index contributed by atoms with van der Waals surface area (Å²) in [5.41, 5.74) is -0.274. The third kappa shape index (κ3) is 1.73. The Morgan fingerprint density at radius 3 is 2.75 bits per heavy atom. The summed E-state index contributed by atoms with van der Waals surface area (Å²) in [6.07, 6.45) is 1.32. The number of hydrogen-bond acceptors (Lipinski definition) is 2. The summed E-state index contributed by atoms with van der Waals surface area (Å²) in [7, 11) is 1.54. The lowest BCUT2D eigenvalue weighted by Gasteiger charge is -2.02. The lowest BCUT2D eigenvalue weighted by Crippen LogP contribution is -2.23. The van der Waals surface area contributed by atoms with Crippen molar-refractivity contribution in [2.45, 2.75) is 6.54 Å². The van der Waals surface area contributed by atoms with E-state index in [-0.39, 0.29) is 17.8 Å². The van der Waals surface area contributed by atoms with Crippen molar-refractivity contribution in [1.82, 2.24) is 14.3 Å². The van der Waals surface area contributed by atoms with Gasteiger partial charge in [-0.05, 0) is 6.07 Å². The number of benzene rings is 1. The molecule has 0 unspecified atom stereocenters. The molecular weight excluding hydrogens is 216 g/mol. The molecule has 0 radical (unpaired) electrons. The topological polar surface area (TPSA) is 39.8 Å². The summed E-state index contributed by atoms with van der Waals surface area (Å²) < 4.78 is 28.5. The van der Waals surface area contributed by atoms with Gasteiger partial charge in [0.05, 0.1) is 6.54 Å². The molecule has 2 aromatic rings. The van der Waals surface area contributed by atoms with Crippen LogP contribution in [0, 0.1) is 11.6 Å². The third-order valence-electron chi connectivity index (χ3n) is 2.24. The lowest BCUT2D eigenvalue weighted by atomic mass is 10.2. The Hall–Kier alpha value is -1.98. The maximum absolute atomic E-state index is 13.3. The Kier molecular flexibility index (Phi) is 2.55. The Labute approximate surface area is 89.7 Å². The minimum atomic E-state index is -0.944. The van der Waals surface area contributed by atoms with Gasteiger partial charge in [-0.15, -0.1) is 0 Å². The van der Waals surface area contributed by atoms with Crippen molar-refractivity contribution in [2.24, 2.45) is 7.05 Å². The van der Waals surface area contributed by atoms with Gasteiger partial charge in [-0.3, -0.25) is 4.57 Å². The quantitative estimate of drug-likeness (QED) is 0.762. The van der Waals surface area contributed by atoms with Crippen LogP contribution < -0.4 is 5.69 Å².